The first kappa shape index (κ1) is 12.6. The van der Waals surface area contributed by atoms with Crippen molar-refractivity contribution in [1.29, 1.82) is 0 Å². The summed E-state index contributed by atoms with van der Waals surface area (Å²) in [6.07, 6.45) is 3.70. The predicted octanol–water partition coefficient (Wildman–Crippen LogP) is -1.96. The van der Waals surface area contributed by atoms with Gasteiger partial charge in [-0.25, -0.2) is 4.79 Å². The summed E-state index contributed by atoms with van der Waals surface area (Å²) in [4.78, 5) is 24.6. The Morgan fingerprint density at radius 2 is 2.28 bits per heavy atom. The molecule has 0 bridgehead atoms. The second-order valence-corrected chi connectivity index (χ2v) is 3.95. The van der Waals surface area contributed by atoms with E-state index >= 15 is 0 Å². The van der Waals surface area contributed by atoms with E-state index in [4.69, 9.17) is 16.3 Å². The molecule has 1 saturated heterocycles. The van der Waals surface area contributed by atoms with E-state index in [9.17, 15) is 14.7 Å². The highest BCUT2D eigenvalue weighted by atomic mass is 16.5. The van der Waals surface area contributed by atoms with Gasteiger partial charge in [-0.2, -0.15) is 0 Å². The molecule has 0 radical (unpaired) electrons. The highest BCUT2D eigenvalue weighted by molar-refractivity contribution is 5.06. The molecule has 1 fully saturated rings. The number of ether oxygens (including phenoxy) is 1. The van der Waals surface area contributed by atoms with Crippen molar-refractivity contribution in [3.8, 4) is 12.3 Å². The largest absolute Gasteiger partial charge is 0.394 e. The van der Waals surface area contributed by atoms with Crippen molar-refractivity contribution in [2.75, 3.05) is 6.61 Å². The van der Waals surface area contributed by atoms with Crippen molar-refractivity contribution in [2.45, 2.75) is 18.4 Å². The molecule has 2 heterocycles. The van der Waals surface area contributed by atoms with Crippen molar-refractivity contribution in [1.82, 2.24) is 9.55 Å². The zero-order chi connectivity index (χ0) is 13.3. The molecule has 0 spiro atoms. The number of aromatic nitrogens is 2. The van der Waals surface area contributed by atoms with E-state index in [0.29, 0.717) is 0 Å². The van der Waals surface area contributed by atoms with Gasteiger partial charge in [-0.3, -0.25) is 14.3 Å². The molecule has 7 nitrogen and oxygen atoms in total. The van der Waals surface area contributed by atoms with Gasteiger partial charge < -0.3 is 14.9 Å². The van der Waals surface area contributed by atoms with Crippen LogP contribution in [0.1, 0.15) is 6.23 Å². The summed E-state index contributed by atoms with van der Waals surface area (Å²) in [5.41, 5.74) is -1.22. The summed E-state index contributed by atoms with van der Waals surface area (Å²) in [5, 5.41) is 18.8. The van der Waals surface area contributed by atoms with Gasteiger partial charge in [-0.15, -0.1) is 6.42 Å². The highest BCUT2D eigenvalue weighted by Crippen LogP contribution is 2.33. The maximum atomic E-state index is 11.6. The summed E-state index contributed by atoms with van der Waals surface area (Å²) >= 11 is 0. The average Bonchev–Trinajstić information content (AvgIpc) is 2.65. The monoisotopic (exact) mass is 252 g/mol. The Bertz CT molecular complexity index is 584. The molecule has 7 heteroatoms. The number of hydrogen-bond acceptors (Lipinski definition) is 5. The van der Waals surface area contributed by atoms with E-state index in [2.05, 4.69) is 10.9 Å². The van der Waals surface area contributed by atoms with Gasteiger partial charge in [0.2, 0.25) is 0 Å². The van der Waals surface area contributed by atoms with Crippen molar-refractivity contribution < 1.29 is 14.9 Å². The van der Waals surface area contributed by atoms with Crippen LogP contribution in [-0.4, -0.2) is 38.6 Å². The summed E-state index contributed by atoms with van der Waals surface area (Å²) in [7, 11) is 0. The van der Waals surface area contributed by atoms with Crippen LogP contribution < -0.4 is 11.2 Å². The Hall–Kier alpha value is -1.88. The van der Waals surface area contributed by atoms with Crippen LogP contribution in [-0.2, 0) is 4.74 Å². The van der Waals surface area contributed by atoms with Gasteiger partial charge in [0.1, 0.15) is 12.2 Å². The fraction of sp³-hybridized carbons (Fsp3) is 0.455. The van der Waals surface area contributed by atoms with E-state index in [1.54, 1.807) is 0 Å². The number of hydrogen-bond donors (Lipinski definition) is 3. The molecule has 3 N–H and O–H groups in total. The number of nitrogens with one attached hydrogen (secondary N) is 1. The number of aliphatic hydroxyl groups is 2. The first-order chi connectivity index (χ1) is 8.58. The van der Waals surface area contributed by atoms with E-state index in [1.807, 2.05) is 0 Å². The minimum absolute atomic E-state index is 0.409. The third-order valence-electron chi connectivity index (χ3n) is 2.87. The lowest BCUT2D eigenvalue weighted by Gasteiger charge is -2.16. The summed E-state index contributed by atoms with van der Waals surface area (Å²) in [6.45, 7) is -0.409. The Morgan fingerprint density at radius 1 is 1.56 bits per heavy atom. The lowest BCUT2D eigenvalue weighted by atomic mass is 10.0. The maximum Gasteiger partial charge on any atom is 0.330 e. The van der Waals surface area contributed by atoms with E-state index in [1.165, 1.54) is 6.20 Å². The zero-order valence-electron chi connectivity index (χ0n) is 9.31. The summed E-state index contributed by atoms with van der Waals surface area (Å²) in [6, 6.07) is 1.15. The zero-order valence-corrected chi connectivity index (χ0v) is 9.31. The lowest BCUT2D eigenvalue weighted by molar-refractivity contribution is -0.0469. The molecule has 1 aliphatic heterocycles. The van der Waals surface area contributed by atoms with Crippen LogP contribution in [0.2, 0.25) is 0 Å². The quantitative estimate of drug-likeness (QED) is 0.530. The van der Waals surface area contributed by atoms with Crippen LogP contribution in [0.25, 0.3) is 0 Å². The van der Waals surface area contributed by atoms with Gasteiger partial charge in [0.15, 0.2) is 6.23 Å². The predicted molar refractivity (Wildman–Crippen MR) is 60.6 cm³/mol. The number of aromatic amines is 1. The normalized spacial score (nSPS) is 31.2. The topological polar surface area (TPSA) is 105 Å². The summed E-state index contributed by atoms with van der Waals surface area (Å²) < 4.78 is 6.42. The van der Waals surface area contributed by atoms with Gasteiger partial charge >= 0.3 is 5.69 Å². The van der Waals surface area contributed by atoms with Crippen LogP contribution in [0, 0.1) is 18.3 Å². The molecule has 0 unspecified atom stereocenters. The molecule has 0 saturated carbocycles. The molecule has 18 heavy (non-hydrogen) atoms. The SMILES string of the molecule is C#C[C@@H]1[C@H](O)[C@@H](CO)O[C@H]1n1ccc(=O)[nH]c1=O. The molecular weight excluding hydrogens is 240 g/mol. The molecule has 1 aromatic rings. The molecule has 1 aliphatic rings. The first-order valence-corrected chi connectivity index (χ1v) is 5.30. The molecule has 1 aromatic heterocycles. The van der Waals surface area contributed by atoms with Gasteiger partial charge in [0.25, 0.3) is 5.56 Å². The number of terminal acetylenes is 1. The number of H-pyrrole nitrogens is 1. The van der Waals surface area contributed by atoms with Gasteiger partial charge in [0.05, 0.1) is 12.5 Å². The van der Waals surface area contributed by atoms with E-state index < -0.39 is 42.2 Å². The standard InChI is InChI=1S/C11H12N2O5/c1-2-6-9(16)7(5-14)18-10(6)13-4-3-8(15)12-11(13)17/h1,3-4,6-7,9-10,14,16H,5H2,(H,12,15,17)/t6-,7-,9+,10-/m1/s1. The Kier molecular flexibility index (Phi) is 3.34. The first-order valence-electron chi connectivity index (χ1n) is 5.30. The van der Waals surface area contributed by atoms with E-state index in [-0.39, 0.29) is 0 Å². The van der Waals surface area contributed by atoms with Gasteiger partial charge in [-0.05, 0) is 0 Å². The van der Waals surface area contributed by atoms with Crippen LogP contribution in [0.5, 0.6) is 0 Å². The molecule has 96 valence electrons. The van der Waals surface area contributed by atoms with Crippen LogP contribution in [0.15, 0.2) is 21.9 Å². The smallest absolute Gasteiger partial charge is 0.330 e. The fourth-order valence-electron chi connectivity index (χ4n) is 1.94. The van der Waals surface area contributed by atoms with E-state index in [0.717, 1.165) is 10.6 Å². The lowest BCUT2D eigenvalue weighted by Crippen LogP contribution is -2.34. The molecule has 0 aliphatic carbocycles. The van der Waals surface area contributed by atoms with Crippen molar-refractivity contribution in [3.05, 3.63) is 33.1 Å². The second kappa shape index (κ2) is 4.78. The highest BCUT2D eigenvalue weighted by Gasteiger charge is 2.43. The minimum atomic E-state index is -1.07. The van der Waals surface area contributed by atoms with Gasteiger partial charge in [0, 0.05) is 12.3 Å². The number of aliphatic hydroxyl groups excluding tert-OH is 2. The maximum absolute atomic E-state index is 11.6. The van der Waals surface area contributed by atoms with Crippen LogP contribution in [0.3, 0.4) is 0 Å². The third kappa shape index (κ3) is 1.97. The minimum Gasteiger partial charge on any atom is -0.394 e. The number of rotatable bonds is 2. The molecule has 0 aromatic carbocycles. The average molecular weight is 252 g/mol. The third-order valence-corrected chi connectivity index (χ3v) is 2.87. The van der Waals surface area contributed by atoms with Crippen molar-refractivity contribution in [2.24, 2.45) is 5.92 Å². The Morgan fingerprint density at radius 3 is 2.83 bits per heavy atom. The van der Waals surface area contributed by atoms with Crippen molar-refractivity contribution >= 4 is 0 Å². The molecule has 4 atom stereocenters. The van der Waals surface area contributed by atoms with Crippen LogP contribution in [0.4, 0.5) is 0 Å². The molecule has 0 amide bonds. The Balaban J connectivity index is 2.42. The molecule has 2 rings (SSSR count). The van der Waals surface area contributed by atoms with Gasteiger partial charge in [-0.1, -0.05) is 5.92 Å². The fourth-order valence-corrected chi connectivity index (χ4v) is 1.94. The van der Waals surface area contributed by atoms with Crippen molar-refractivity contribution in [3.63, 3.8) is 0 Å². The van der Waals surface area contributed by atoms with Crippen LogP contribution >= 0.6 is 0 Å². The summed E-state index contributed by atoms with van der Waals surface area (Å²) in [5.74, 6) is 1.56. The number of nitrogens with zero attached hydrogens (tertiary/aromatic N) is 1. The second-order valence-electron chi connectivity index (χ2n) is 3.95. The molecular formula is C11H12N2O5. The Labute approximate surface area is 102 Å².